The molecule has 0 spiro atoms. The van der Waals surface area contributed by atoms with E-state index in [2.05, 4.69) is 46.7 Å². The Labute approximate surface area is 113 Å². The summed E-state index contributed by atoms with van der Waals surface area (Å²) in [6, 6.07) is 11.0. The van der Waals surface area contributed by atoms with Crippen LogP contribution in [-0.2, 0) is 0 Å². The molecule has 0 aliphatic heterocycles. The average Bonchev–Trinajstić information content (AvgIpc) is 2.97. The maximum absolute atomic E-state index is 5.96. The standard InChI is InChI=1S/C16H19N3/c17-11-15(19-13-7-1-2-8-13)14-9-3-5-12-6-4-10-18-16(12)14/h1-6,9-10,13,15,19H,7-8,11,17H2. The summed E-state index contributed by atoms with van der Waals surface area (Å²) < 4.78 is 0. The quantitative estimate of drug-likeness (QED) is 0.823. The van der Waals surface area contributed by atoms with E-state index < -0.39 is 0 Å². The van der Waals surface area contributed by atoms with Gasteiger partial charge in [0, 0.05) is 30.2 Å². The molecular weight excluding hydrogens is 234 g/mol. The minimum absolute atomic E-state index is 0.170. The Morgan fingerprint density at radius 1 is 1.21 bits per heavy atom. The molecule has 1 atom stereocenters. The van der Waals surface area contributed by atoms with Crippen molar-refractivity contribution >= 4 is 10.9 Å². The predicted octanol–water partition coefficient (Wildman–Crippen LogP) is 2.54. The number of nitrogens with one attached hydrogen (secondary N) is 1. The van der Waals surface area contributed by atoms with Crippen molar-refractivity contribution in [2.75, 3.05) is 6.54 Å². The van der Waals surface area contributed by atoms with Crippen molar-refractivity contribution in [2.45, 2.75) is 24.9 Å². The van der Waals surface area contributed by atoms with E-state index in [4.69, 9.17) is 5.73 Å². The monoisotopic (exact) mass is 253 g/mol. The van der Waals surface area contributed by atoms with Gasteiger partial charge in [-0.1, -0.05) is 36.4 Å². The van der Waals surface area contributed by atoms with Gasteiger partial charge in [0.15, 0.2) is 0 Å². The molecule has 0 saturated heterocycles. The van der Waals surface area contributed by atoms with Gasteiger partial charge in [0.25, 0.3) is 0 Å². The normalized spacial score (nSPS) is 17.1. The third-order valence-electron chi connectivity index (χ3n) is 3.72. The summed E-state index contributed by atoms with van der Waals surface area (Å²) >= 11 is 0. The SMILES string of the molecule is NCC(NC1CC=CC1)c1cccc2cccnc12. The summed E-state index contributed by atoms with van der Waals surface area (Å²) in [5, 5.41) is 4.82. The molecule has 1 heterocycles. The lowest BCUT2D eigenvalue weighted by molar-refractivity contribution is 0.455. The summed E-state index contributed by atoms with van der Waals surface area (Å²) in [5.41, 5.74) is 8.22. The van der Waals surface area contributed by atoms with Crippen LogP contribution in [0.3, 0.4) is 0 Å². The first-order valence-electron chi connectivity index (χ1n) is 6.83. The first kappa shape index (κ1) is 12.3. The van der Waals surface area contributed by atoms with Crippen LogP contribution in [0.15, 0.2) is 48.7 Å². The Morgan fingerprint density at radius 3 is 2.79 bits per heavy atom. The van der Waals surface area contributed by atoms with Gasteiger partial charge in [0.1, 0.15) is 0 Å². The van der Waals surface area contributed by atoms with Crippen LogP contribution in [0.1, 0.15) is 24.4 Å². The molecule has 0 saturated carbocycles. The molecule has 0 radical (unpaired) electrons. The number of nitrogens with two attached hydrogens (primary N) is 1. The van der Waals surface area contributed by atoms with E-state index in [-0.39, 0.29) is 6.04 Å². The topological polar surface area (TPSA) is 50.9 Å². The van der Waals surface area contributed by atoms with E-state index in [9.17, 15) is 0 Å². The second kappa shape index (κ2) is 5.51. The van der Waals surface area contributed by atoms with Crippen LogP contribution in [0.2, 0.25) is 0 Å². The molecule has 1 unspecified atom stereocenters. The number of fused-ring (bicyclic) bond motifs is 1. The van der Waals surface area contributed by atoms with Crippen LogP contribution < -0.4 is 11.1 Å². The summed E-state index contributed by atoms with van der Waals surface area (Å²) in [5.74, 6) is 0. The van der Waals surface area contributed by atoms with E-state index in [0.717, 1.165) is 18.4 Å². The fourth-order valence-corrected chi connectivity index (χ4v) is 2.73. The Morgan fingerprint density at radius 2 is 2.00 bits per heavy atom. The second-order valence-electron chi connectivity index (χ2n) is 5.02. The Bertz CT molecular complexity index is 578. The summed E-state index contributed by atoms with van der Waals surface area (Å²) in [6.07, 6.45) is 8.49. The molecular formula is C16H19N3. The largest absolute Gasteiger partial charge is 0.329 e. The highest BCUT2D eigenvalue weighted by Crippen LogP contribution is 2.23. The van der Waals surface area contributed by atoms with Crippen LogP contribution in [-0.4, -0.2) is 17.6 Å². The number of hydrogen-bond donors (Lipinski definition) is 2. The molecule has 0 fully saturated rings. The van der Waals surface area contributed by atoms with Crippen LogP contribution in [0.5, 0.6) is 0 Å². The van der Waals surface area contributed by atoms with Crippen molar-refractivity contribution in [3.8, 4) is 0 Å². The van der Waals surface area contributed by atoms with Crippen molar-refractivity contribution in [3.05, 3.63) is 54.2 Å². The Kier molecular flexibility index (Phi) is 3.58. The predicted molar refractivity (Wildman–Crippen MR) is 78.8 cm³/mol. The number of aromatic nitrogens is 1. The van der Waals surface area contributed by atoms with E-state index >= 15 is 0 Å². The molecule has 1 aromatic heterocycles. The zero-order chi connectivity index (χ0) is 13.1. The highest BCUT2D eigenvalue weighted by Gasteiger charge is 2.18. The van der Waals surface area contributed by atoms with E-state index in [1.165, 1.54) is 10.9 Å². The van der Waals surface area contributed by atoms with Crippen molar-refractivity contribution in [2.24, 2.45) is 5.73 Å². The lowest BCUT2D eigenvalue weighted by Gasteiger charge is -2.23. The number of benzene rings is 1. The van der Waals surface area contributed by atoms with Gasteiger partial charge >= 0.3 is 0 Å². The van der Waals surface area contributed by atoms with Gasteiger partial charge in [0.2, 0.25) is 0 Å². The zero-order valence-electron chi connectivity index (χ0n) is 10.9. The van der Waals surface area contributed by atoms with Gasteiger partial charge in [0.05, 0.1) is 5.52 Å². The first-order valence-corrected chi connectivity index (χ1v) is 6.83. The number of rotatable bonds is 4. The zero-order valence-corrected chi connectivity index (χ0v) is 10.9. The van der Waals surface area contributed by atoms with Gasteiger partial charge in [-0.05, 0) is 24.5 Å². The molecule has 1 aliphatic carbocycles. The third-order valence-corrected chi connectivity index (χ3v) is 3.72. The molecule has 0 amide bonds. The van der Waals surface area contributed by atoms with Gasteiger partial charge in [-0.15, -0.1) is 0 Å². The number of nitrogens with zero attached hydrogens (tertiary/aromatic N) is 1. The van der Waals surface area contributed by atoms with Crippen LogP contribution in [0.25, 0.3) is 10.9 Å². The molecule has 1 aromatic carbocycles. The molecule has 0 bridgehead atoms. The molecule has 3 nitrogen and oxygen atoms in total. The van der Waals surface area contributed by atoms with E-state index in [0.29, 0.717) is 12.6 Å². The van der Waals surface area contributed by atoms with E-state index in [1.54, 1.807) is 0 Å². The third kappa shape index (κ3) is 2.53. The number of pyridine rings is 1. The Balaban J connectivity index is 1.92. The highest BCUT2D eigenvalue weighted by atomic mass is 15.0. The molecule has 3 N–H and O–H groups in total. The van der Waals surface area contributed by atoms with Crippen LogP contribution >= 0.6 is 0 Å². The minimum atomic E-state index is 0.170. The van der Waals surface area contributed by atoms with Gasteiger partial charge in [-0.25, -0.2) is 0 Å². The fourth-order valence-electron chi connectivity index (χ4n) is 2.73. The van der Waals surface area contributed by atoms with Gasteiger partial charge < -0.3 is 11.1 Å². The Hall–Kier alpha value is -1.71. The van der Waals surface area contributed by atoms with Gasteiger partial charge in [-0.2, -0.15) is 0 Å². The number of para-hydroxylation sites is 1. The second-order valence-corrected chi connectivity index (χ2v) is 5.02. The summed E-state index contributed by atoms with van der Waals surface area (Å²) in [4.78, 5) is 4.51. The van der Waals surface area contributed by atoms with Crippen molar-refractivity contribution in [1.29, 1.82) is 0 Å². The number of hydrogen-bond acceptors (Lipinski definition) is 3. The smallest absolute Gasteiger partial charge is 0.0750 e. The van der Waals surface area contributed by atoms with Crippen LogP contribution in [0.4, 0.5) is 0 Å². The highest BCUT2D eigenvalue weighted by molar-refractivity contribution is 5.82. The van der Waals surface area contributed by atoms with Crippen LogP contribution in [0, 0.1) is 0 Å². The van der Waals surface area contributed by atoms with Crippen molar-refractivity contribution in [1.82, 2.24) is 10.3 Å². The molecule has 3 rings (SSSR count). The molecule has 3 heteroatoms. The molecule has 98 valence electrons. The summed E-state index contributed by atoms with van der Waals surface area (Å²) in [6.45, 7) is 0.589. The maximum Gasteiger partial charge on any atom is 0.0750 e. The maximum atomic E-state index is 5.96. The lowest BCUT2D eigenvalue weighted by atomic mass is 10.0. The summed E-state index contributed by atoms with van der Waals surface area (Å²) in [7, 11) is 0. The van der Waals surface area contributed by atoms with Gasteiger partial charge in [-0.3, -0.25) is 4.98 Å². The molecule has 19 heavy (non-hydrogen) atoms. The minimum Gasteiger partial charge on any atom is -0.329 e. The first-order chi connectivity index (χ1) is 9.38. The van der Waals surface area contributed by atoms with E-state index in [1.807, 2.05) is 12.3 Å². The fraction of sp³-hybridized carbons (Fsp3) is 0.312. The molecule has 1 aliphatic rings. The van der Waals surface area contributed by atoms with Crippen molar-refractivity contribution < 1.29 is 0 Å². The van der Waals surface area contributed by atoms with Crippen molar-refractivity contribution in [3.63, 3.8) is 0 Å². The lowest BCUT2D eigenvalue weighted by Crippen LogP contribution is -2.35. The molecule has 2 aromatic rings. The average molecular weight is 253 g/mol.